The first kappa shape index (κ1) is 47.6. The zero-order valence-electron chi connectivity index (χ0n) is 39.0. The van der Waals surface area contributed by atoms with E-state index in [9.17, 15) is 28.0 Å². The summed E-state index contributed by atoms with van der Waals surface area (Å²) in [6.45, 7) is 10.6. The summed E-state index contributed by atoms with van der Waals surface area (Å²) in [6.07, 6.45) is 5.41. The molecule has 16 nitrogen and oxygen atoms in total. The number of carbonyl (C=O) groups excluding carboxylic acids is 4. The van der Waals surface area contributed by atoms with Crippen LogP contribution in [0.2, 0.25) is 0 Å². The number of aromatic nitrogens is 3. The van der Waals surface area contributed by atoms with Crippen LogP contribution in [-0.4, -0.2) is 118 Å². The van der Waals surface area contributed by atoms with Gasteiger partial charge in [0.25, 0.3) is 5.92 Å². The van der Waals surface area contributed by atoms with Crippen LogP contribution >= 0.6 is 0 Å². The van der Waals surface area contributed by atoms with E-state index in [1.54, 1.807) is 32.6 Å². The summed E-state index contributed by atoms with van der Waals surface area (Å²) in [6, 6.07) is 4.07. The number of anilines is 1. The van der Waals surface area contributed by atoms with E-state index < -0.39 is 77.1 Å². The van der Waals surface area contributed by atoms with Crippen LogP contribution < -0.4 is 14.4 Å². The standard InChI is InChI=1S/C49H52F4N6O10/c1-8-33-36(50)13-10-29-16-32(69-46(63)68-28(7)66-43(61)26(4)5)17-34(37(29)33)39-38(51)40-35(18-54-39)41(56-44(55-40)64-24-48-14-9-15-58(48)23-47(21-48)22-49(47,52)53)57-19-30-11-12-31(20-57)59(30)45(62)67-27(6)65-42(60)25(2)3/h1,10,13,16-18,25-28,30-31H,9,11-12,14-15,19-24H2,2-7H3/t27?,28?,30?,31?,47-,48-/m0/s1. The number of esters is 2. The fraction of sp³-hybridized carbons (Fsp3) is 0.531. The Hall–Kier alpha value is -6.49. The van der Waals surface area contributed by atoms with Gasteiger partial charge in [0.05, 0.1) is 45.8 Å². The number of rotatable bonds is 12. The maximum Gasteiger partial charge on any atom is 0.516 e. The molecule has 1 aliphatic carbocycles. The molecule has 6 atom stereocenters. The molecule has 69 heavy (non-hydrogen) atoms. The molecule has 2 bridgehead atoms. The first-order chi connectivity index (χ1) is 32.7. The number of hydrogen-bond acceptors (Lipinski definition) is 15. The number of ether oxygens (including phenoxy) is 6. The second-order valence-electron chi connectivity index (χ2n) is 19.4. The van der Waals surface area contributed by atoms with Gasteiger partial charge in [0, 0.05) is 57.0 Å². The largest absolute Gasteiger partial charge is 0.516 e. The number of amides is 1. The third-order valence-corrected chi connectivity index (χ3v) is 13.9. The number of nitrogens with zero attached hydrogens (tertiary/aromatic N) is 6. The quantitative estimate of drug-likeness (QED) is 0.0438. The summed E-state index contributed by atoms with van der Waals surface area (Å²) < 4.78 is 95.6. The highest BCUT2D eigenvalue weighted by Crippen LogP contribution is 2.69. The predicted octanol–water partition coefficient (Wildman–Crippen LogP) is 8.14. The molecule has 4 unspecified atom stereocenters. The zero-order valence-corrected chi connectivity index (χ0v) is 39.0. The van der Waals surface area contributed by atoms with Crippen molar-refractivity contribution < 1.29 is 65.2 Å². The first-order valence-corrected chi connectivity index (χ1v) is 23.1. The summed E-state index contributed by atoms with van der Waals surface area (Å²) in [5.74, 6) is -4.25. The minimum absolute atomic E-state index is 0.0417. The molecule has 2 aromatic carbocycles. The summed E-state index contributed by atoms with van der Waals surface area (Å²) >= 11 is 0. The first-order valence-electron chi connectivity index (χ1n) is 23.1. The van der Waals surface area contributed by atoms with Crippen molar-refractivity contribution in [2.75, 3.05) is 37.7 Å². The Morgan fingerprint density at radius 3 is 2.20 bits per heavy atom. The number of halogens is 4. The lowest BCUT2D eigenvalue weighted by Gasteiger charge is -2.41. The van der Waals surface area contributed by atoms with Gasteiger partial charge in [-0.1, -0.05) is 39.7 Å². The van der Waals surface area contributed by atoms with Gasteiger partial charge in [0.2, 0.25) is 12.6 Å². The molecule has 6 heterocycles. The Morgan fingerprint density at radius 2 is 1.57 bits per heavy atom. The van der Waals surface area contributed by atoms with E-state index in [0.717, 1.165) is 12.5 Å². The van der Waals surface area contributed by atoms with Crippen LogP contribution in [0.5, 0.6) is 11.8 Å². The number of alkyl halides is 2. The summed E-state index contributed by atoms with van der Waals surface area (Å²) in [5, 5.41) is 0.460. The molecule has 5 fully saturated rings. The van der Waals surface area contributed by atoms with Gasteiger partial charge in [-0.3, -0.25) is 24.4 Å². The lowest BCUT2D eigenvalue weighted by Crippen LogP contribution is -2.56. The van der Waals surface area contributed by atoms with E-state index in [1.165, 1.54) is 38.2 Å². The highest BCUT2D eigenvalue weighted by atomic mass is 19.3. The van der Waals surface area contributed by atoms with Crippen LogP contribution in [0.3, 0.4) is 0 Å². The normalized spacial score (nSPS) is 24.3. The van der Waals surface area contributed by atoms with E-state index >= 15 is 8.78 Å². The summed E-state index contributed by atoms with van der Waals surface area (Å²) in [7, 11) is 0. The lowest BCUT2D eigenvalue weighted by atomic mass is 9.89. The molecule has 2 aromatic heterocycles. The fourth-order valence-corrected chi connectivity index (χ4v) is 10.4. The fourth-order valence-electron chi connectivity index (χ4n) is 10.4. The molecule has 0 N–H and O–H groups in total. The van der Waals surface area contributed by atoms with Crippen LogP contribution in [0.25, 0.3) is 32.9 Å². The van der Waals surface area contributed by atoms with E-state index in [4.69, 9.17) is 39.8 Å². The Kier molecular flexibility index (Phi) is 12.3. The Bertz CT molecular complexity index is 2790. The topological polar surface area (TPSA) is 172 Å². The van der Waals surface area contributed by atoms with Gasteiger partial charge in [-0.15, -0.1) is 6.42 Å². The molecule has 4 aromatic rings. The maximum absolute atomic E-state index is 17.7. The van der Waals surface area contributed by atoms with Crippen molar-refractivity contribution in [2.45, 2.75) is 116 Å². The van der Waals surface area contributed by atoms with Gasteiger partial charge in [-0.05, 0) is 62.2 Å². The number of carbonyl (C=O) groups is 4. The number of hydrogen-bond donors (Lipinski definition) is 0. The van der Waals surface area contributed by atoms with Gasteiger partial charge < -0.3 is 33.3 Å². The average molecular weight is 961 g/mol. The van der Waals surface area contributed by atoms with E-state index in [1.807, 2.05) is 4.90 Å². The number of fused-ring (bicyclic) bond motifs is 5. The summed E-state index contributed by atoms with van der Waals surface area (Å²) in [4.78, 5) is 70.3. The van der Waals surface area contributed by atoms with Gasteiger partial charge >= 0.3 is 30.2 Å². The monoisotopic (exact) mass is 960 g/mol. The molecule has 1 amide bonds. The van der Waals surface area contributed by atoms with Crippen molar-refractivity contribution in [3.05, 3.63) is 47.7 Å². The Labute approximate surface area is 394 Å². The third-order valence-electron chi connectivity index (χ3n) is 13.9. The van der Waals surface area contributed by atoms with Crippen molar-refractivity contribution in [3.63, 3.8) is 0 Å². The minimum atomic E-state index is -2.77. The smallest absolute Gasteiger partial charge is 0.461 e. The van der Waals surface area contributed by atoms with Crippen LogP contribution in [0.1, 0.15) is 85.6 Å². The minimum Gasteiger partial charge on any atom is -0.461 e. The predicted molar refractivity (Wildman–Crippen MR) is 239 cm³/mol. The van der Waals surface area contributed by atoms with Crippen LogP contribution in [0.15, 0.2) is 30.5 Å². The maximum atomic E-state index is 17.7. The van der Waals surface area contributed by atoms with E-state index in [-0.39, 0.29) is 107 Å². The second-order valence-corrected chi connectivity index (χ2v) is 19.4. The van der Waals surface area contributed by atoms with Crippen molar-refractivity contribution in [3.8, 4) is 35.4 Å². The molecule has 4 aliphatic heterocycles. The molecule has 1 saturated carbocycles. The van der Waals surface area contributed by atoms with Crippen molar-refractivity contribution in [1.29, 1.82) is 0 Å². The third kappa shape index (κ3) is 8.78. The second kappa shape index (κ2) is 17.8. The number of piperazine rings is 1. The molecular formula is C49H52F4N6O10. The highest BCUT2D eigenvalue weighted by molar-refractivity contribution is 6.03. The summed E-state index contributed by atoms with van der Waals surface area (Å²) in [5.41, 5.74) is -2.77. The zero-order chi connectivity index (χ0) is 49.3. The number of pyridine rings is 1. The molecular weight excluding hydrogens is 909 g/mol. The SMILES string of the molecule is C#Cc1c(F)ccc2cc(OC(=O)OC(C)OC(=O)C(C)C)cc(-c3ncc4c(N5CC6CCC(C5)N6C(=O)OC(C)OC(=O)C(C)C)nc(OC[C@@]56CCCN5C[C@@]5(CC5(F)F)C6)nc4c3F)c12. The highest BCUT2D eigenvalue weighted by Gasteiger charge is 2.77. The van der Waals surface area contributed by atoms with Gasteiger partial charge in [-0.25, -0.2) is 27.2 Å². The molecule has 5 aliphatic rings. The van der Waals surface area contributed by atoms with E-state index in [2.05, 4.69) is 20.8 Å². The Morgan fingerprint density at radius 1 is 0.899 bits per heavy atom. The number of benzene rings is 2. The number of terminal acetylenes is 1. The van der Waals surface area contributed by atoms with Gasteiger partial charge in [-0.2, -0.15) is 9.97 Å². The molecule has 366 valence electrons. The Balaban J connectivity index is 1.09. The van der Waals surface area contributed by atoms with Gasteiger partial charge in [0.1, 0.15) is 35.2 Å². The van der Waals surface area contributed by atoms with Crippen molar-refractivity contribution in [2.24, 2.45) is 17.3 Å². The average Bonchev–Trinajstić information content (AvgIpc) is 3.55. The lowest BCUT2D eigenvalue weighted by molar-refractivity contribution is -0.171. The van der Waals surface area contributed by atoms with Crippen molar-refractivity contribution >= 4 is 51.7 Å². The molecule has 9 rings (SSSR count). The molecule has 1 spiro atoms. The molecule has 4 saturated heterocycles. The van der Waals surface area contributed by atoms with Crippen molar-refractivity contribution in [1.82, 2.24) is 24.8 Å². The molecule has 20 heteroatoms. The van der Waals surface area contributed by atoms with Gasteiger partial charge in [0.15, 0.2) is 5.82 Å². The molecule has 0 radical (unpaired) electrons. The van der Waals surface area contributed by atoms with Crippen LogP contribution in [-0.2, 0) is 28.5 Å². The van der Waals surface area contributed by atoms with E-state index in [0.29, 0.717) is 25.8 Å². The van der Waals surface area contributed by atoms with Crippen LogP contribution in [0, 0.1) is 41.2 Å². The van der Waals surface area contributed by atoms with Crippen LogP contribution in [0.4, 0.5) is 33.0 Å².